The lowest BCUT2D eigenvalue weighted by atomic mass is 9.89. The maximum Gasteiger partial charge on any atom is 0.103 e. The van der Waals surface area contributed by atoms with E-state index in [1.54, 1.807) is 0 Å². The van der Waals surface area contributed by atoms with Crippen LogP contribution in [0.5, 0.6) is 0 Å². The Labute approximate surface area is 109 Å². The highest BCUT2D eigenvalue weighted by molar-refractivity contribution is 5.59. The molecule has 0 bridgehead atoms. The first kappa shape index (κ1) is 12.9. The molecule has 0 saturated heterocycles. The Morgan fingerprint density at radius 2 is 2.06 bits per heavy atom. The summed E-state index contributed by atoms with van der Waals surface area (Å²) in [5.41, 5.74) is 3.79. The quantitative estimate of drug-likeness (QED) is 0.883. The van der Waals surface area contributed by atoms with Gasteiger partial charge in [-0.05, 0) is 38.2 Å². The zero-order valence-electron chi connectivity index (χ0n) is 11.5. The van der Waals surface area contributed by atoms with Gasteiger partial charge in [-0.2, -0.15) is 5.26 Å². The monoisotopic (exact) mass is 243 g/mol. The first-order chi connectivity index (χ1) is 8.54. The molecule has 0 aromatic carbocycles. The van der Waals surface area contributed by atoms with Crippen LogP contribution in [0.3, 0.4) is 0 Å². The van der Waals surface area contributed by atoms with E-state index in [1.165, 1.54) is 25.7 Å². The molecule has 0 radical (unpaired) electrons. The maximum absolute atomic E-state index is 9.22. The molecule has 0 unspecified atom stereocenters. The van der Waals surface area contributed by atoms with Gasteiger partial charge in [0.1, 0.15) is 6.07 Å². The largest absolute Gasteiger partial charge is 0.383 e. The van der Waals surface area contributed by atoms with Crippen molar-refractivity contribution in [3.05, 3.63) is 23.0 Å². The van der Waals surface area contributed by atoms with E-state index in [0.717, 1.165) is 23.6 Å². The fraction of sp³-hybridized carbons (Fsp3) is 0.600. The van der Waals surface area contributed by atoms with Gasteiger partial charge in [-0.15, -0.1) is 0 Å². The zero-order valence-corrected chi connectivity index (χ0v) is 11.5. The summed E-state index contributed by atoms with van der Waals surface area (Å²) in [7, 11) is 0. The molecule has 18 heavy (non-hydrogen) atoms. The highest BCUT2D eigenvalue weighted by Crippen LogP contribution is 2.37. The second-order valence-electron chi connectivity index (χ2n) is 5.75. The lowest BCUT2D eigenvalue weighted by molar-refractivity contribution is 0.362. The molecular formula is C15H21N3. The van der Waals surface area contributed by atoms with Gasteiger partial charge < -0.3 is 5.32 Å². The van der Waals surface area contributed by atoms with Gasteiger partial charge in [0.15, 0.2) is 0 Å². The summed E-state index contributed by atoms with van der Waals surface area (Å²) >= 11 is 0. The number of rotatable bonds is 3. The van der Waals surface area contributed by atoms with Crippen LogP contribution in [0, 0.1) is 30.6 Å². The number of anilines is 1. The van der Waals surface area contributed by atoms with Crippen molar-refractivity contribution in [2.24, 2.45) is 5.41 Å². The molecule has 1 heterocycles. The lowest BCUT2D eigenvalue weighted by Gasteiger charge is -2.25. The molecule has 1 aliphatic rings. The fourth-order valence-electron chi connectivity index (χ4n) is 2.82. The molecule has 0 spiro atoms. The molecule has 0 amide bonds. The van der Waals surface area contributed by atoms with Gasteiger partial charge in [0.25, 0.3) is 0 Å². The van der Waals surface area contributed by atoms with E-state index < -0.39 is 0 Å². The van der Waals surface area contributed by atoms with E-state index in [1.807, 2.05) is 19.9 Å². The molecule has 2 rings (SSSR count). The van der Waals surface area contributed by atoms with Gasteiger partial charge in [0.05, 0.1) is 16.9 Å². The van der Waals surface area contributed by atoms with E-state index in [4.69, 9.17) is 0 Å². The van der Waals surface area contributed by atoms with E-state index in [0.29, 0.717) is 11.0 Å². The van der Waals surface area contributed by atoms with E-state index >= 15 is 0 Å². The van der Waals surface area contributed by atoms with Gasteiger partial charge in [0.2, 0.25) is 0 Å². The number of hydrogen-bond donors (Lipinski definition) is 1. The minimum absolute atomic E-state index is 0.387. The predicted molar refractivity (Wildman–Crippen MR) is 73.5 cm³/mol. The van der Waals surface area contributed by atoms with Crippen LogP contribution >= 0.6 is 0 Å². The van der Waals surface area contributed by atoms with Gasteiger partial charge in [-0.3, -0.25) is 4.98 Å². The van der Waals surface area contributed by atoms with Crippen LogP contribution in [-0.4, -0.2) is 11.5 Å². The number of aromatic nitrogens is 1. The lowest BCUT2D eigenvalue weighted by Crippen LogP contribution is -2.23. The van der Waals surface area contributed by atoms with Crippen molar-refractivity contribution in [2.75, 3.05) is 11.9 Å². The maximum atomic E-state index is 9.22. The topological polar surface area (TPSA) is 48.7 Å². The molecule has 3 heteroatoms. The number of nitrogens with zero attached hydrogens (tertiary/aromatic N) is 2. The third-order valence-corrected chi connectivity index (χ3v) is 3.96. The van der Waals surface area contributed by atoms with E-state index in [9.17, 15) is 5.26 Å². The molecular weight excluding hydrogens is 222 g/mol. The minimum Gasteiger partial charge on any atom is -0.383 e. The Kier molecular flexibility index (Phi) is 3.56. The minimum atomic E-state index is 0.387. The van der Waals surface area contributed by atoms with Crippen LogP contribution in [0.4, 0.5) is 5.69 Å². The van der Waals surface area contributed by atoms with Crippen LogP contribution in [0.1, 0.15) is 49.6 Å². The third-order valence-electron chi connectivity index (χ3n) is 3.96. The van der Waals surface area contributed by atoms with Gasteiger partial charge in [-0.1, -0.05) is 19.8 Å². The van der Waals surface area contributed by atoms with Gasteiger partial charge in [0, 0.05) is 12.2 Å². The summed E-state index contributed by atoms with van der Waals surface area (Å²) in [6.45, 7) is 7.15. The number of nitriles is 1. The predicted octanol–water partition coefficient (Wildman–Crippen LogP) is 3.56. The van der Waals surface area contributed by atoms with Crippen LogP contribution in [0.25, 0.3) is 0 Å². The molecule has 1 aromatic heterocycles. The average Bonchev–Trinajstić information content (AvgIpc) is 2.73. The molecule has 1 aromatic rings. The third kappa shape index (κ3) is 2.64. The number of hydrogen-bond acceptors (Lipinski definition) is 3. The van der Waals surface area contributed by atoms with Crippen molar-refractivity contribution in [3.63, 3.8) is 0 Å². The van der Waals surface area contributed by atoms with Crippen LogP contribution in [0.15, 0.2) is 6.07 Å². The summed E-state index contributed by atoms with van der Waals surface area (Å²) in [6.07, 6.45) is 5.23. The Bertz CT molecular complexity index is 479. The first-order valence-electron chi connectivity index (χ1n) is 6.66. The summed E-state index contributed by atoms with van der Waals surface area (Å²) in [5.74, 6) is 0. The average molecular weight is 243 g/mol. The van der Waals surface area contributed by atoms with Crippen LogP contribution in [-0.2, 0) is 0 Å². The summed E-state index contributed by atoms with van der Waals surface area (Å²) in [5, 5.41) is 12.7. The number of nitrogens with one attached hydrogen (secondary N) is 1. The number of aryl methyl sites for hydroxylation is 2. The summed E-state index contributed by atoms with van der Waals surface area (Å²) < 4.78 is 0. The van der Waals surface area contributed by atoms with Gasteiger partial charge >= 0.3 is 0 Å². The van der Waals surface area contributed by atoms with E-state index in [-0.39, 0.29) is 0 Å². The normalized spacial score (nSPS) is 17.4. The highest BCUT2D eigenvalue weighted by atomic mass is 14.9. The van der Waals surface area contributed by atoms with Gasteiger partial charge in [-0.25, -0.2) is 0 Å². The second-order valence-corrected chi connectivity index (χ2v) is 5.75. The molecule has 1 fully saturated rings. The standard InChI is InChI=1S/C15H21N3/c1-11-8-14(13(9-16)12(2)18-11)17-10-15(3)6-4-5-7-15/h8H,4-7,10H2,1-3H3,(H,17,18). The molecule has 1 N–H and O–H groups in total. The summed E-state index contributed by atoms with van der Waals surface area (Å²) in [6, 6.07) is 4.23. The van der Waals surface area contributed by atoms with Crippen molar-refractivity contribution in [1.29, 1.82) is 5.26 Å². The molecule has 3 nitrogen and oxygen atoms in total. The number of pyridine rings is 1. The van der Waals surface area contributed by atoms with Crippen molar-refractivity contribution < 1.29 is 0 Å². The van der Waals surface area contributed by atoms with E-state index in [2.05, 4.69) is 23.3 Å². The Morgan fingerprint density at radius 1 is 1.39 bits per heavy atom. The molecule has 0 aliphatic heterocycles. The Morgan fingerprint density at radius 3 is 2.67 bits per heavy atom. The molecule has 0 atom stereocenters. The van der Waals surface area contributed by atoms with Crippen molar-refractivity contribution in [2.45, 2.75) is 46.5 Å². The zero-order chi connectivity index (χ0) is 13.2. The SMILES string of the molecule is Cc1cc(NCC2(C)CCCC2)c(C#N)c(C)n1. The van der Waals surface area contributed by atoms with Crippen molar-refractivity contribution in [3.8, 4) is 6.07 Å². The van der Waals surface area contributed by atoms with Crippen LogP contribution in [0.2, 0.25) is 0 Å². The molecule has 96 valence electrons. The van der Waals surface area contributed by atoms with Crippen molar-refractivity contribution in [1.82, 2.24) is 4.98 Å². The van der Waals surface area contributed by atoms with Crippen LogP contribution < -0.4 is 5.32 Å². The molecule has 1 saturated carbocycles. The highest BCUT2D eigenvalue weighted by Gasteiger charge is 2.28. The second kappa shape index (κ2) is 4.97. The molecule has 1 aliphatic carbocycles. The Balaban J connectivity index is 2.16. The Hall–Kier alpha value is -1.56. The fourth-order valence-corrected chi connectivity index (χ4v) is 2.82. The van der Waals surface area contributed by atoms with Crippen molar-refractivity contribution >= 4 is 5.69 Å². The smallest absolute Gasteiger partial charge is 0.103 e. The first-order valence-corrected chi connectivity index (χ1v) is 6.66. The summed E-state index contributed by atoms with van der Waals surface area (Å²) in [4.78, 5) is 4.34.